The third-order valence-corrected chi connectivity index (χ3v) is 6.84. The minimum atomic E-state index is -3.53. The average Bonchev–Trinajstić information content (AvgIpc) is 2.72. The van der Waals surface area contributed by atoms with E-state index in [1.807, 2.05) is 24.3 Å². The SMILES string of the molecule is C=C1c2ccccc2NC(=O)N1Cc1ccc(S(=O)(=O)N2CCOCC2)cc1. The summed E-state index contributed by atoms with van der Waals surface area (Å²) >= 11 is 0. The number of carbonyl (C=O) groups is 1. The van der Waals surface area contributed by atoms with Gasteiger partial charge in [-0.15, -0.1) is 0 Å². The van der Waals surface area contributed by atoms with Crippen LogP contribution in [0.25, 0.3) is 5.70 Å². The van der Waals surface area contributed by atoms with E-state index in [4.69, 9.17) is 4.74 Å². The number of ether oxygens (including phenoxy) is 1. The molecule has 2 amide bonds. The van der Waals surface area contributed by atoms with Crippen molar-refractivity contribution in [3.05, 3.63) is 66.2 Å². The number of carbonyl (C=O) groups excluding carboxylic acids is 1. The molecule has 2 aromatic carbocycles. The third kappa shape index (κ3) is 3.42. The zero-order valence-electron chi connectivity index (χ0n) is 15.3. The first kappa shape index (κ1) is 18.7. The number of hydrogen-bond donors (Lipinski definition) is 1. The Morgan fingerprint density at radius 2 is 1.71 bits per heavy atom. The van der Waals surface area contributed by atoms with Gasteiger partial charge in [0.05, 0.1) is 30.3 Å². The van der Waals surface area contributed by atoms with Crippen molar-refractivity contribution in [1.82, 2.24) is 9.21 Å². The summed E-state index contributed by atoms with van der Waals surface area (Å²) in [4.78, 5) is 14.2. The summed E-state index contributed by atoms with van der Waals surface area (Å²) in [5.74, 6) is 0. The van der Waals surface area contributed by atoms with Crippen molar-refractivity contribution < 1.29 is 17.9 Å². The van der Waals surface area contributed by atoms with Gasteiger partial charge in [0.25, 0.3) is 0 Å². The Morgan fingerprint density at radius 3 is 2.43 bits per heavy atom. The molecule has 0 spiro atoms. The highest BCUT2D eigenvalue weighted by Gasteiger charge is 2.28. The van der Waals surface area contributed by atoms with Gasteiger partial charge in [0.15, 0.2) is 0 Å². The normalized spacial score (nSPS) is 17.9. The van der Waals surface area contributed by atoms with Crippen molar-refractivity contribution in [2.45, 2.75) is 11.4 Å². The standard InChI is InChI=1S/C20H21N3O4S/c1-15-18-4-2-3-5-19(18)21-20(24)23(15)14-16-6-8-17(9-7-16)28(25,26)22-10-12-27-13-11-22/h2-9H,1,10-14H2,(H,21,24). The first-order chi connectivity index (χ1) is 13.5. The Hall–Kier alpha value is -2.68. The van der Waals surface area contributed by atoms with Crippen LogP contribution >= 0.6 is 0 Å². The number of urea groups is 1. The summed E-state index contributed by atoms with van der Waals surface area (Å²) in [6.45, 7) is 5.89. The molecule has 0 aliphatic carbocycles. The van der Waals surface area contributed by atoms with Crippen molar-refractivity contribution in [3.8, 4) is 0 Å². The molecule has 0 radical (unpaired) electrons. The molecule has 0 aromatic heterocycles. The Morgan fingerprint density at radius 1 is 1.04 bits per heavy atom. The van der Waals surface area contributed by atoms with Crippen LogP contribution in [0, 0.1) is 0 Å². The fourth-order valence-corrected chi connectivity index (χ4v) is 4.76. The minimum Gasteiger partial charge on any atom is -0.379 e. The molecule has 1 saturated heterocycles. The lowest BCUT2D eigenvalue weighted by Crippen LogP contribution is -2.40. The van der Waals surface area contributed by atoms with Crippen LogP contribution < -0.4 is 5.32 Å². The number of anilines is 1. The Kier molecular flexibility index (Phi) is 4.92. The Bertz CT molecular complexity index is 1010. The molecule has 2 aliphatic heterocycles. The molecule has 0 atom stereocenters. The predicted molar refractivity (Wildman–Crippen MR) is 106 cm³/mol. The number of hydrogen-bond acceptors (Lipinski definition) is 4. The van der Waals surface area contributed by atoms with Gasteiger partial charge < -0.3 is 10.1 Å². The molecule has 8 heteroatoms. The second-order valence-electron chi connectivity index (χ2n) is 6.67. The summed E-state index contributed by atoms with van der Waals surface area (Å²) in [5.41, 5.74) is 3.04. The number of fused-ring (bicyclic) bond motifs is 1. The van der Waals surface area contributed by atoms with E-state index < -0.39 is 10.0 Å². The summed E-state index contributed by atoms with van der Waals surface area (Å²) in [6.07, 6.45) is 0. The van der Waals surface area contributed by atoms with Gasteiger partial charge in [0, 0.05) is 24.4 Å². The molecule has 2 aromatic rings. The maximum atomic E-state index is 12.7. The summed E-state index contributed by atoms with van der Waals surface area (Å²) in [5, 5.41) is 2.85. The number of rotatable bonds is 4. The minimum absolute atomic E-state index is 0.241. The van der Waals surface area contributed by atoms with Crippen molar-refractivity contribution >= 4 is 27.4 Å². The van der Waals surface area contributed by atoms with E-state index in [9.17, 15) is 13.2 Å². The van der Waals surface area contributed by atoms with Gasteiger partial charge in [-0.3, -0.25) is 4.90 Å². The van der Waals surface area contributed by atoms with E-state index in [1.165, 1.54) is 4.31 Å². The molecular formula is C20H21N3O4S. The molecule has 0 saturated carbocycles. The number of sulfonamides is 1. The van der Waals surface area contributed by atoms with Crippen LogP contribution in [-0.4, -0.2) is 50.0 Å². The van der Waals surface area contributed by atoms with Crippen molar-refractivity contribution in [3.63, 3.8) is 0 Å². The van der Waals surface area contributed by atoms with Gasteiger partial charge in [0.2, 0.25) is 10.0 Å². The van der Waals surface area contributed by atoms with E-state index >= 15 is 0 Å². The topological polar surface area (TPSA) is 79.0 Å². The van der Waals surface area contributed by atoms with Gasteiger partial charge in [-0.25, -0.2) is 13.2 Å². The molecule has 28 heavy (non-hydrogen) atoms. The average molecular weight is 399 g/mol. The quantitative estimate of drug-likeness (QED) is 0.857. The molecule has 2 heterocycles. The molecule has 4 rings (SSSR count). The number of morpholine rings is 1. The fraction of sp³-hybridized carbons (Fsp3) is 0.250. The molecule has 146 valence electrons. The Labute approximate surface area is 164 Å². The monoisotopic (exact) mass is 399 g/mol. The first-order valence-corrected chi connectivity index (χ1v) is 10.4. The second-order valence-corrected chi connectivity index (χ2v) is 8.61. The summed E-state index contributed by atoms with van der Waals surface area (Å²) < 4.78 is 32.1. The lowest BCUT2D eigenvalue weighted by molar-refractivity contribution is 0.0730. The lowest BCUT2D eigenvalue weighted by atomic mass is 10.1. The van der Waals surface area contributed by atoms with Crippen LogP contribution in [0.3, 0.4) is 0 Å². The first-order valence-electron chi connectivity index (χ1n) is 9.00. The second kappa shape index (κ2) is 7.38. The van der Waals surface area contributed by atoms with E-state index in [1.54, 1.807) is 29.2 Å². The number of nitrogens with one attached hydrogen (secondary N) is 1. The van der Waals surface area contributed by atoms with Crippen molar-refractivity contribution in [2.24, 2.45) is 0 Å². The van der Waals surface area contributed by atoms with E-state index in [-0.39, 0.29) is 10.9 Å². The van der Waals surface area contributed by atoms with Crippen molar-refractivity contribution in [2.75, 3.05) is 31.6 Å². The number of benzene rings is 2. The van der Waals surface area contributed by atoms with Gasteiger partial charge >= 0.3 is 6.03 Å². The van der Waals surface area contributed by atoms with Gasteiger partial charge in [-0.2, -0.15) is 4.31 Å². The number of para-hydroxylation sites is 1. The van der Waals surface area contributed by atoms with E-state index in [2.05, 4.69) is 11.9 Å². The molecule has 1 N–H and O–H groups in total. The van der Waals surface area contributed by atoms with Crippen molar-refractivity contribution in [1.29, 1.82) is 0 Å². The largest absolute Gasteiger partial charge is 0.379 e. The molecular weight excluding hydrogens is 378 g/mol. The van der Waals surface area contributed by atoms with Gasteiger partial charge in [-0.1, -0.05) is 36.9 Å². The number of nitrogens with zero attached hydrogens (tertiary/aromatic N) is 2. The molecule has 2 aliphatic rings. The highest BCUT2D eigenvalue weighted by Crippen LogP contribution is 2.31. The van der Waals surface area contributed by atoms with Crippen LogP contribution in [0.4, 0.5) is 10.5 Å². The van der Waals surface area contributed by atoms with Crippen LogP contribution in [-0.2, 0) is 21.3 Å². The third-order valence-electron chi connectivity index (χ3n) is 4.92. The summed E-state index contributed by atoms with van der Waals surface area (Å²) in [6, 6.07) is 13.9. The highest BCUT2D eigenvalue weighted by molar-refractivity contribution is 7.89. The molecule has 7 nitrogen and oxygen atoms in total. The Balaban J connectivity index is 1.52. The maximum absolute atomic E-state index is 12.7. The highest BCUT2D eigenvalue weighted by atomic mass is 32.2. The zero-order valence-corrected chi connectivity index (χ0v) is 16.1. The summed E-state index contributed by atoms with van der Waals surface area (Å²) in [7, 11) is -3.53. The predicted octanol–water partition coefficient (Wildman–Crippen LogP) is 2.73. The molecule has 0 unspecified atom stereocenters. The fourth-order valence-electron chi connectivity index (χ4n) is 3.35. The van der Waals surface area contributed by atoms with Crippen LogP contribution in [0.15, 0.2) is 60.0 Å². The van der Waals surface area contributed by atoms with Crippen LogP contribution in [0.1, 0.15) is 11.1 Å². The lowest BCUT2D eigenvalue weighted by Gasteiger charge is -2.31. The molecule has 0 bridgehead atoms. The maximum Gasteiger partial charge on any atom is 0.326 e. The molecule has 1 fully saturated rings. The van der Waals surface area contributed by atoms with Crippen LogP contribution in [0.5, 0.6) is 0 Å². The zero-order chi connectivity index (χ0) is 19.7. The smallest absolute Gasteiger partial charge is 0.326 e. The van der Waals surface area contributed by atoms with E-state index in [0.717, 1.165) is 16.8 Å². The number of amides is 2. The van der Waals surface area contributed by atoms with E-state index in [0.29, 0.717) is 38.5 Å². The van der Waals surface area contributed by atoms with Gasteiger partial charge in [-0.05, 0) is 23.8 Å². The van der Waals surface area contributed by atoms with Gasteiger partial charge in [0.1, 0.15) is 0 Å². The van der Waals surface area contributed by atoms with Crippen LogP contribution in [0.2, 0.25) is 0 Å².